The van der Waals surface area contributed by atoms with E-state index in [1.54, 1.807) is 24.4 Å². The molecule has 0 N–H and O–H groups in total. The monoisotopic (exact) mass is 330 g/mol. The van der Waals surface area contributed by atoms with Gasteiger partial charge in [0.1, 0.15) is 17.3 Å². The number of nitrogens with zero attached hydrogens (tertiary/aromatic N) is 2. The minimum atomic E-state index is 0.227. The van der Waals surface area contributed by atoms with Crippen molar-refractivity contribution in [3.63, 3.8) is 0 Å². The normalized spacial score (nSPS) is 10.9. The van der Waals surface area contributed by atoms with E-state index in [0.717, 1.165) is 5.82 Å². The number of hydrogen-bond acceptors (Lipinski definition) is 3. The molecule has 1 aromatic carbocycles. The summed E-state index contributed by atoms with van der Waals surface area (Å²) in [6.07, 6.45) is 1.62. The predicted molar refractivity (Wildman–Crippen MR) is 82.2 cm³/mol. The molecule has 0 aliphatic carbocycles. The Morgan fingerprint density at radius 1 is 1.20 bits per heavy atom. The Balaban J connectivity index is 2.33. The van der Waals surface area contributed by atoms with Crippen LogP contribution in [0.1, 0.15) is 31.3 Å². The van der Waals surface area contributed by atoms with E-state index < -0.39 is 0 Å². The van der Waals surface area contributed by atoms with Crippen molar-refractivity contribution in [1.29, 1.82) is 0 Å². The van der Waals surface area contributed by atoms with Crippen LogP contribution in [0, 0.1) is 0 Å². The summed E-state index contributed by atoms with van der Waals surface area (Å²) in [5.41, 5.74) is 0.636. The van der Waals surface area contributed by atoms with E-state index in [0.29, 0.717) is 27.2 Å². The van der Waals surface area contributed by atoms with Crippen LogP contribution < -0.4 is 4.74 Å². The third-order valence-electron chi connectivity index (χ3n) is 2.60. The SMILES string of the molecule is CC(C)c1ncc(Oc2ccc(Cl)cc2Cl)c(CCl)n1. The highest BCUT2D eigenvalue weighted by atomic mass is 35.5. The Bertz CT molecular complexity index is 617. The highest BCUT2D eigenvalue weighted by Crippen LogP contribution is 2.33. The first-order valence-corrected chi connectivity index (χ1v) is 7.35. The van der Waals surface area contributed by atoms with E-state index >= 15 is 0 Å². The zero-order valence-electron chi connectivity index (χ0n) is 11.0. The van der Waals surface area contributed by atoms with Crippen molar-refractivity contribution in [2.24, 2.45) is 0 Å². The van der Waals surface area contributed by atoms with Crippen molar-refractivity contribution >= 4 is 34.8 Å². The molecule has 0 saturated heterocycles. The van der Waals surface area contributed by atoms with Gasteiger partial charge in [0.15, 0.2) is 5.75 Å². The van der Waals surface area contributed by atoms with Gasteiger partial charge in [-0.15, -0.1) is 11.6 Å². The second kappa shape index (κ2) is 6.61. The Labute approximate surface area is 132 Å². The average Bonchev–Trinajstić information content (AvgIpc) is 2.42. The minimum Gasteiger partial charge on any atom is -0.452 e. The van der Waals surface area contributed by atoms with Crippen LogP contribution in [0.3, 0.4) is 0 Å². The lowest BCUT2D eigenvalue weighted by Crippen LogP contribution is -2.02. The zero-order valence-corrected chi connectivity index (χ0v) is 13.3. The molecule has 0 radical (unpaired) electrons. The maximum atomic E-state index is 6.07. The van der Waals surface area contributed by atoms with Gasteiger partial charge >= 0.3 is 0 Å². The van der Waals surface area contributed by atoms with Crippen LogP contribution in [0.25, 0.3) is 0 Å². The number of benzene rings is 1. The van der Waals surface area contributed by atoms with E-state index in [9.17, 15) is 0 Å². The molecule has 0 amide bonds. The van der Waals surface area contributed by atoms with Gasteiger partial charge in [0.05, 0.1) is 17.1 Å². The fraction of sp³-hybridized carbons (Fsp3) is 0.286. The van der Waals surface area contributed by atoms with Crippen molar-refractivity contribution in [2.75, 3.05) is 0 Å². The van der Waals surface area contributed by atoms with Crippen LogP contribution >= 0.6 is 34.8 Å². The Morgan fingerprint density at radius 2 is 1.95 bits per heavy atom. The van der Waals surface area contributed by atoms with Crippen LogP contribution in [-0.4, -0.2) is 9.97 Å². The van der Waals surface area contributed by atoms with E-state index in [-0.39, 0.29) is 11.8 Å². The topological polar surface area (TPSA) is 35.0 Å². The van der Waals surface area contributed by atoms with Crippen molar-refractivity contribution in [2.45, 2.75) is 25.6 Å². The number of alkyl halides is 1. The van der Waals surface area contributed by atoms with Crippen molar-refractivity contribution in [3.05, 3.63) is 46.0 Å². The molecule has 1 aromatic heterocycles. The van der Waals surface area contributed by atoms with Crippen molar-refractivity contribution in [1.82, 2.24) is 9.97 Å². The van der Waals surface area contributed by atoms with Gasteiger partial charge in [-0.25, -0.2) is 9.97 Å². The third kappa shape index (κ3) is 3.54. The van der Waals surface area contributed by atoms with Gasteiger partial charge in [0.25, 0.3) is 0 Å². The molecule has 0 atom stereocenters. The fourth-order valence-electron chi connectivity index (χ4n) is 1.56. The summed E-state index contributed by atoms with van der Waals surface area (Å²) in [4.78, 5) is 8.66. The van der Waals surface area contributed by atoms with Crippen LogP contribution in [0.2, 0.25) is 10.0 Å². The number of aromatic nitrogens is 2. The number of halogens is 3. The molecule has 20 heavy (non-hydrogen) atoms. The number of ether oxygens (including phenoxy) is 1. The van der Waals surface area contributed by atoms with Crippen LogP contribution in [0.5, 0.6) is 11.5 Å². The highest BCUT2D eigenvalue weighted by molar-refractivity contribution is 6.35. The quantitative estimate of drug-likeness (QED) is 0.700. The first-order valence-electron chi connectivity index (χ1n) is 6.06. The molecule has 0 unspecified atom stereocenters. The highest BCUT2D eigenvalue weighted by Gasteiger charge is 2.12. The molecule has 0 saturated carbocycles. The second-order valence-corrected chi connectivity index (χ2v) is 5.62. The lowest BCUT2D eigenvalue weighted by Gasteiger charge is -2.12. The molecule has 0 aliphatic rings. The van der Waals surface area contributed by atoms with Gasteiger partial charge in [-0.1, -0.05) is 37.0 Å². The Hall–Kier alpha value is -1.03. The second-order valence-electron chi connectivity index (χ2n) is 4.50. The number of rotatable bonds is 4. The maximum Gasteiger partial charge on any atom is 0.168 e. The lowest BCUT2D eigenvalue weighted by molar-refractivity contribution is 0.470. The smallest absolute Gasteiger partial charge is 0.168 e. The molecular weight excluding hydrogens is 319 g/mol. The van der Waals surface area contributed by atoms with E-state index in [2.05, 4.69) is 9.97 Å². The molecule has 106 valence electrons. The van der Waals surface area contributed by atoms with Crippen LogP contribution in [-0.2, 0) is 5.88 Å². The average molecular weight is 332 g/mol. The molecule has 2 aromatic rings. The largest absolute Gasteiger partial charge is 0.452 e. The molecule has 2 rings (SSSR count). The van der Waals surface area contributed by atoms with Gasteiger partial charge in [0.2, 0.25) is 0 Å². The molecule has 6 heteroatoms. The molecule has 0 aliphatic heterocycles. The van der Waals surface area contributed by atoms with Gasteiger partial charge in [-0.05, 0) is 18.2 Å². The fourth-order valence-corrected chi connectivity index (χ4v) is 2.20. The van der Waals surface area contributed by atoms with Crippen molar-refractivity contribution < 1.29 is 4.74 Å². The summed E-state index contributed by atoms with van der Waals surface area (Å²) in [6.45, 7) is 4.04. The van der Waals surface area contributed by atoms with Gasteiger partial charge in [0, 0.05) is 10.9 Å². The third-order valence-corrected chi connectivity index (χ3v) is 3.39. The standard InChI is InChI=1S/C14H13Cl3N2O/c1-8(2)14-18-7-13(11(6-15)19-14)20-12-4-3-9(16)5-10(12)17/h3-5,7-8H,6H2,1-2H3. The van der Waals surface area contributed by atoms with E-state index in [1.807, 2.05) is 13.8 Å². The predicted octanol–water partition coefficient (Wildman–Crippen LogP) is 5.44. The minimum absolute atomic E-state index is 0.227. The van der Waals surface area contributed by atoms with Gasteiger partial charge in [-0.2, -0.15) is 0 Å². The van der Waals surface area contributed by atoms with Crippen molar-refractivity contribution in [3.8, 4) is 11.5 Å². The summed E-state index contributed by atoms with van der Waals surface area (Å²) in [7, 11) is 0. The first kappa shape index (κ1) is 15.4. The zero-order chi connectivity index (χ0) is 14.7. The molecule has 0 spiro atoms. The summed E-state index contributed by atoms with van der Waals surface area (Å²) in [5, 5.41) is 0.970. The molecule has 0 bridgehead atoms. The van der Waals surface area contributed by atoms with Gasteiger partial charge < -0.3 is 4.74 Å². The molecular formula is C14H13Cl3N2O. The Kier molecular flexibility index (Phi) is 5.08. The van der Waals surface area contributed by atoms with E-state index in [4.69, 9.17) is 39.5 Å². The maximum absolute atomic E-state index is 6.07. The summed E-state index contributed by atoms with van der Waals surface area (Å²) in [6, 6.07) is 5.01. The summed E-state index contributed by atoms with van der Waals surface area (Å²) < 4.78 is 5.72. The molecule has 3 nitrogen and oxygen atoms in total. The lowest BCUT2D eigenvalue weighted by atomic mass is 10.2. The van der Waals surface area contributed by atoms with Crippen LogP contribution in [0.15, 0.2) is 24.4 Å². The summed E-state index contributed by atoms with van der Waals surface area (Å²) >= 11 is 17.8. The number of hydrogen-bond donors (Lipinski definition) is 0. The van der Waals surface area contributed by atoms with Crippen LogP contribution in [0.4, 0.5) is 0 Å². The molecule has 1 heterocycles. The van der Waals surface area contributed by atoms with E-state index in [1.165, 1.54) is 0 Å². The van der Waals surface area contributed by atoms with Gasteiger partial charge in [-0.3, -0.25) is 0 Å². The Morgan fingerprint density at radius 3 is 2.55 bits per heavy atom. The summed E-state index contributed by atoms with van der Waals surface area (Å²) in [5.74, 6) is 2.18. The molecule has 0 fully saturated rings. The first-order chi connectivity index (χ1) is 9.51.